The fourth-order valence-electron chi connectivity index (χ4n) is 2.79. The van der Waals surface area contributed by atoms with Gasteiger partial charge in [-0.1, -0.05) is 11.8 Å². The van der Waals surface area contributed by atoms with Crippen molar-refractivity contribution in [1.29, 1.82) is 0 Å². The van der Waals surface area contributed by atoms with Gasteiger partial charge in [0.25, 0.3) is 11.4 Å². The molecular formula is C26H26N3+. The van der Waals surface area contributed by atoms with Gasteiger partial charge in [0.2, 0.25) is 0 Å². The van der Waals surface area contributed by atoms with E-state index in [4.69, 9.17) is 0 Å². The summed E-state index contributed by atoms with van der Waals surface area (Å²) in [6.07, 6.45) is 0. The first kappa shape index (κ1) is 20.1. The highest BCUT2D eigenvalue weighted by molar-refractivity contribution is 5.51. The van der Waals surface area contributed by atoms with Crippen LogP contribution in [0.2, 0.25) is 0 Å². The molecule has 1 heterocycles. The molecule has 0 amide bonds. The third-order valence-corrected chi connectivity index (χ3v) is 4.67. The SMILES string of the molecule is CN(C)c1ccc(C#Cc2cccc(C#Cc3ccc(N(C)C)cc3)[n+]2C)cc1. The summed E-state index contributed by atoms with van der Waals surface area (Å²) in [5, 5.41) is 0. The van der Waals surface area contributed by atoms with Gasteiger partial charge in [0.15, 0.2) is 0 Å². The number of hydrogen-bond donors (Lipinski definition) is 0. The van der Waals surface area contributed by atoms with Gasteiger partial charge in [-0.05, 0) is 54.6 Å². The lowest BCUT2D eigenvalue weighted by atomic mass is 10.2. The van der Waals surface area contributed by atoms with Crippen molar-refractivity contribution in [1.82, 2.24) is 0 Å². The van der Waals surface area contributed by atoms with E-state index in [2.05, 4.69) is 57.7 Å². The molecule has 0 fully saturated rings. The quantitative estimate of drug-likeness (QED) is 0.498. The molecule has 3 rings (SSSR count). The normalized spacial score (nSPS) is 9.69. The fraction of sp³-hybridized carbons (Fsp3) is 0.192. The van der Waals surface area contributed by atoms with Crippen LogP contribution in [0.1, 0.15) is 22.5 Å². The third kappa shape index (κ3) is 5.18. The summed E-state index contributed by atoms with van der Waals surface area (Å²) < 4.78 is 2.03. The zero-order valence-corrected chi connectivity index (χ0v) is 17.7. The van der Waals surface area contributed by atoms with E-state index < -0.39 is 0 Å². The van der Waals surface area contributed by atoms with Crippen molar-refractivity contribution in [2.75, 3.05) is 38.0 Å². The highest BCUT2D eigenvalue weighted by Gasteiger charge is 2.08. The predicted molar refractivity (Wildman–Crippen MR) is 121 cm³/mol. The van der Waals surface area contributed by atoms with Crippen LogP contribution in [0.25, 0.3) is 0 Å². The van der Waals surface area contributed by atoms with Gasteiger partial charge in [0, 0.05) is 74.7 Å². The summed E-state index contributed by atoms with van der Waals surface area (Å²) in [5.74, 6) is 13.0. The van der Waals surface area contributed by atoms with Gasteiger partial charge in [-0.25, -0.2) is 0 Å². The van der Waals surface area contributed by atoms with Crippen LogP contribution >= 0.6 is 0 Å². The summed E-state index contributed by atoms with van der Waals surface area (Å²) in [5.41, 5.74) is 6.17. The van der Waals surface area contributed by atoms with Gasteiger partial charge in [-0.2, -0.15) is 4.57 Å². The van der Waals surface area contributed by atoms with E-state index in [9.17, 15) is 0 Å². The van der Waals surface area contributed by atoms with E-state index in [0.717, 1.165) is 33.9 Å². The molecule has 0 aliphatic heterocycles. The lowest BCUT2D eigenvalue weighted by Gasteiger charge is -2.11. The number of aromatic nitrogens is 1. The molecule has 2 aromatic carbocycles. The molecule has 0 atom stereocenters. The molecule has 0 N–H and O–H groups in total. The Morgan fingerprint density at radius 3 is 1.28 bits per heavy atom. The van der Waals surface area contributed by atoms with Crippen LogP contribution in [0.5, 0.6) is 0 Å². The van der Waals surface area contributed by atoms with E-state index in [1.165, 1.54) is 0 Å². The molecule has 0 spiro atoms. The van der Waals surface area contributed by atoms with Crippen LogP contribution in [0.15, 0.2) is 66.7 Å². The Morgan fingerprint density at radius 1 is 0.552 bits per heavy atom. The minimum atomic E-state index is 0.927. The van der Waals surface area contributed by atoms with Gasteiger partial charge in [0.1, 0.15) is 7.05 Å². The number of anilines is 2. The second-order valence-corrected chi connectivity index (χ2v) is 7.24. The summed E-state index contributed by atoms with van der Waals surface area (Å²) in [6, 6.07) is 22.5. The number of pyridine rings is 1. The average Bonchev–Trinajstić information content (AvgIpc) is 2.72. The van der Waals surface area contributed by atoms with E-state index in [-0.39, 0.29) is 0 Å². The van der Waals surface area contributed by atoms with Crippen molar-refractivity contribution in [2.45, 2.75) is 0 Å². The third-order valence-electron chi connectivity index (χ3n) is 4.67. The van der Waals surface area contributed by atoms with Crippen LogP contribution in [0.4, 0.5) is 11.4 Å². The van der Waals surface area contributed by atoms with Crippen LogP contribution in [-0.2, 0) is 7.05 Å². The Morgan fingerprint density at radius 2 is 0.931 bits per heavy atom. The summed E-state index contributed by atoms with van der Waals surface area (Å²) in [7, 11) is 10.1. The molecule has 29 heavy (non-hydrogen) atoms. The summed E-state index contributed by atoms with van der Waals surface area (Å²) >= 11 is 0. The van der Waals surface area contributed by atoms with Gasteiger partial charge >= 0.3 is 0 Å². The molecular weight excluding hydrogens is 354 g/mol. The maximum atomic E-state index is 3.26. The first-order valence-electron chi connectivity index (χ1n) is 9.52. The monoisotopic (exact) mass is 380 g/mol. The number of hydrogen-bond acceptors (Lipinski definition) is 2. The Bertz CT molecular complexity index is 1010. The van der Waals surface area contributed by atoms with Gasteiger partial charge in [-0.15, -0.1) is 0 Å². The van der Waals surface area contributed by atoms with Crippen molar-refractivity contribution >= 4 is 11.4 Å². The number of benzene rings is 2. The van der Waals surface area contributed by atoms with Crippen molar-refractivity contribution in [2.24, 2.45) is 7.05 Å². The van der Waals surface area contributed by atoms with Gasteiger partial charge in [0.05, 0.1) is 0 Å². The van der Waals surface area contributed by atoms with Crippen molar-refractivity contribution in [3.63, 3.8) is 0 Å². The van der Waals surface area contributed by atoms with Crippen LogP contribution in [-0.4, -0.2) is 28.2 Å². The lowest BCUT2D eigenvalue weighted by Crippen LogP contribution is -2.36. The maximum absolute atomic E-state index is 3.26. The highest BCUT2D eigenvalue weighted by atomic mass is 15.1. The molecule has 0 aliphatic carbocycles. The van der Waals surface area contributed by atoms with Crippen molar-refractivity contribution in [3.05, 3.63) is 89.2 Å². The zero-order chi connectivity index (χ0) is 20.8. The van der Waals surface area contributed by atoms with Crippen LogP contribution in [0.3, 0.4) is 0 Å². The molecule has 0 radical (unpaired) electrons. The minimum absolute atomic E-state index is 0.927. The molecule has 144 valence electrons. The standard InChI is InChI=1S/C26H26N3/c1-27(2)23-15-9-21(10-16-23)13-19-25-7-6-8-26(29(25)5)20-14-22-11-17-24(18-12-22)28(3)4/h6-12,15-18H,1-5H3/q+1. The molecule has 3 heteroatoms. The van der Waals surface area contributed by atoms with E-state index in [1.807, 2.05) is 82.3 Å². The second kappa shape index (κ2) is 9.00. The minimum Gasteiger partial charge on any atom is -0.378 e. The molecule has 0 saturated heterocycles. The first-order chi connectivity index (χ1) is 13.9. The molecule has 0 saturated carbocycles. The van der Waals surface area contributed by atoms with Crippen LogP contribution in [0, 0.1) is 23.7 Å². The molecule has 0 bridgehead atoms. The summed E-state index contributed by atoms with van der Waals surface area (Å²) in [4.78, 5) is 4.15. The Labute approximate surface area is 174 Å². The predicted octanol–water partition coefficient (Wildman–Crippen LogP) is 3.44. The summed E-state index contributed by atoms with van der Waals surface area (Å²) in [6.45, 7) is 0. The number of nitrogens with zero attached hydrogens (tertiary/aromatic N) is 3. The van der Waals surface area contributed by atoms with E-state index >= 15 is 0 Å². The van der Waals surface area contributed by atoms with Gasteiger partial charge < -0.3 is 9.80 Å². The van der Waals surface area contributed by atoms with Crippen molar-refractivity contribution < 1.29 is 4.57 Å². The second-order valence-electron chi connectivity index (χ2n) is 7.24. The highest BCUT2D eigenvalue weighted by Crippen LogP contribution is 2.12. The maximum Gasteiger partial charge on any atom is 0.257 e. The molecule has 3 aromatic rings. The Kier molecular flexibility index (Phi) is 6.22. The molecule has 0 unspecified atom stereocenters. The van der Waals surface area contributed by atoms with Gasteiger partial charge in [-0.3, -0.25) is 0 Å². The smallest absolute Gasteiger partial charge is 0.257 e. The molecule has 0 aliphatic rings. The molecule has 1 aromatic heterocycles. The fourth-order valence-corrected chi connectivity index (χ4v) is 2.79. The topological polar surface area (TPSA) is 10.4 Å². The lowest BCUT2D eigenvalue weighted by molar-refractivity contribution is -0.676. The Hall–Kier alpha value is -3.69. The average molecular weight is 381 g/mol. The van der Waals surface area contributed by atoms with Crippen molar-refractivity contribution in [3.8, 4) is 23.7 Å². The largest absolute Gasteiger partial charge is 0.378 e. The van der Waals surface area contributed by atoms with Crippen LogP contribution < -0.4 is 14.4 Å². The van der Waals surface area contributed by atoms with E-state index in [1.54, 1.807) is 0 Å². The first-order valence-corrected chi connectivity index (χ1v) is 9.52. The Balaban J connectivity index is 1.82. The molecule has 3 nitrogen and oxygen atoms in total. The zero-order valence-electron chi connectivity index (χ0n) is 17.7. The van der Waals surface area contributed by atoms with E-state index in [0.29, 0.717) is 0 Å². The number of rotatable bonds is 2.